The minimum atomic E-state index is -4.47. The molecule has 140 valence electrons. The molecule has 0 aliphatic rings. The molecule has 0 radical (unpaired) electrons. The maximum atomic E-state index is 14.2. The summed E-state index contributed by atoms with van der Waals surface area (Å²) in [6, 6.07) is 7.66. The molecule has 0 amide bonds. The van der Waals surface area contributed by atoms with Gasteiger partial charge in [-0.05, 0) is 42.0 Å². The van der Waals surface area contributed by atoms with Crippen molar-refractivity contribution in [2.24, 2.45) is 0 Å². The molecular weight excluding hydrogens is 370 g/mol. The van der Waals surface area contributed by atoms with Gasteiger partial charge in [0.25, 0.3) is 5.56 Å². The lowest BCUT2D eigenvalue weighted by molar-refractivity contribution is -0.137. The first-order valence-electron chi connectivity index (χ1n) is 7.52. The van der Waals surface area contributed by atoms with Gasteiger partial charge in [0.2, 0.25) is 0 Å². The Morgan fingerprint density at radius 2 is 1.78 bits per heavy atom. The van der Waals surface area contributed by atoms with Gasteiger partial charge in [-0.15, -0.1) is 0 Å². The second kappa shape index (κ2) is 7.06. The summed E-state index contributed by atoms with van der Waals surface area (Å²) >= 11 is 0. The van der Waals surface area contributed by atoms with Crippen molar-refractivity contribution in [1.82, 2.24) is 14.8 Å². The standard InChI is InChI=1S/C17H11F4N3O3/c18-13-7-10(9-24-16(26)23-15(25)8-22-24)1-6-14(13)27-12-4-2-11(3-5-12)17(19,20)21/h1-8H,9H2,(H,23,25,26). The molecule has 1 heterocycles. The van der Waals surface area contributed by atoms with Gasteiger partial charge >= 0.3 is 11.9 Å². The van der Waals surface area contributed by atoms with Crippen molar-refractivity contribution in [3.8, 4) is 11.5 Å². The second-order valence-electron chi connectivity index (χ2n) is 5.49. The summed E-state index contributed by atoms with van der Waals surface area (Å²) in [6.07, 6.45) is -3.56. The van der Waals surface area contributed by atoms with Crippen LogP contribution in [0, 0.1) is 5.82 Å². The van der Waals surface area contributed by atoms with Crippen LogP contribution < -0.4 is 16.0 Å². The number of benzene rings is 2. The Hall–Kier alpha value is -3.43. The Kier molecular flexibility index (Phi) is 4.80. The Morgan fingerprint density at radius 1 is 1.07 bits per heavy atom. The third kappa shape index (κ3) is 4.40. The van der Waals surface area contributed by atoms with Gasteiger partial charge in [0.05, 0.1) is 12.1 Å². The molecule has 0 fully saturated rings. The average molecular weight is 381 g/mol. The van der Waals surface area contributed by atoms with Crippen molar-refractivity contribution < 1.29 is 22.3 Å². The van der Waals surface area contributed by atoms with Crippen molar-refractivity contribution in [1.29, 1.82) is 0 Å². The Balaban J connectivity index is 1.76. The van der Waals surface area contributed by atoms with Crippen LogP contribution in [0.25, 0.3) is 0 Å². The van der Waals surface area contributed by atoms with E-state index in [1.54, 1.807) is 0 Å². The monoisotopic (exact) mass is 381 g/mol. The van der Waals surface area contributed by atoms with Gasteiger partial charge in [-0.1, -0.05) is 6.07 Å². The number of hydrogen-bond acceptors (Lipinski definition) is 4. The Labute approximate surface area is 148 Å². The van der Waals surface area contributed by atoms with Crippen LogP contribution in [-0.4, -0.2) is 14.8 Å². The number of halogens is 4. The SMILES string of the molecule is O=c1cnn(Cc2ccc(Oc3ccc(C(F)(F)F)cc3)c(F)c2)c(=O)[nH]1. The zero-order chi connectivity index (χ0) is 19.6. The molecule has 6 nitrogen and oxygen atoms in total. The number of nitrogens with zero attached hydrogens (tertiary/aromatic N) is 2. The van der Waals surface area contributed by atoms with Crippen LogP contribution in [0.15, 0.2) is 58.3 Å². The maximum absolute atomic E-state index is 14.2. The molecule has 0 bridgehead atoms. The van der Waals surface area contributed by atoms with Crippen LogP contribution in [0.4, 0.5) is 17.6 Å². The first-order valence-corrected chi connectivity index (χ1v) is 7.52. The predicted octanol–water partition coefficient (Wildman–Crippen LogP) is 2.93. The molecule has 0 saturated heterocycles. The van der Waals surface area contributed by atoms with Crippen molar-refractivity contribution in [3.63, 3.8) is 0 Å². The number of nitrogens with one attached hydrogen (secondary N) is 1. The van der Waals surface area contributed by atoms with E-state index in [1.807, 2.05) is 4.98 Å². The highest BCUT2D eigenvalue weighted by molar-refractivity contribution is 5.36. The molecule has 2 aromatic carbocycles. The number of ether oxygens (including phenoxy) is 1. The fourth-order valence-electron chi connectivity index (χ4n) is 2.23. The molecule has 0 aliphatic carbocycles. The van der Waals surface area contributed by atoms with Gasteiger partial charge in [-0.3, -0.25) is 9.78 Å². The molecule has 0 spiro atoms. The third-order valence-corrected chi connectivity index (χ3v) is 3.52. The number of aromatic amines is 1. The molecule has 10 heteroatoms. The molecule has 3 aromatic rings. The van der Waals surface area contributed by atoms with Crippen LogP contribution in [-0.2, 0) is 12.7 Å². The van der Waals surface area contributed by atoms with Crippen LogP contribution in [0.2, 0.25) is 0 Å². The first-order chi connectivity index (χ1) is 12.7. The van der Waals surface area contributed by atoms with Crippen molar-refractivity contribution in [2.75, 3.05) is 0 Å². The first kappa shape index (κ1) is 18.4. The van der Waals surface area contributed by atoms with Crippen molar-refractivity contribution in [3.05, 3.63) is 86.4 Å². The highest BCUT2D eigenvalue weighted by Gasteiger charge is 2.30. The molecule has 0 atom stereocenters. The lowest BCUT2D eigenvalue weighted by Crippen LogP contribution is -2.31. The van der Waals surface area contributed by atoms with Gasteiger partial charge in [-0.2, -0.15) is 18.3 Å². The number of aromatic nitrogens is 3. The minimum absolute atomic E-state index is 0.0353. The Bertz CT molecular complexity index is 1070. The number of alkyl halides is 3. The summed E-state index contributed by atoms with van der Waals surface area (Å²) in [5.41, 5.74) is -1.87. The van der Waals surface area contributed by atoms with E-state index in [9.17, 15) is 27.2 Å². The lowest BCUT2D eigenvalue weighted by Gasteiger charge is -2.10. The van der Waals surface area contributed by atoms with E-state index in [4.69, 9.17) is 4.74 Å². The van der Waals surface area contributed by atoms with Crippen LogP contribution >= 0.6 is 0 Å². The highest BCUT2D eigenvalue weighted by Crippen LogP contribution is 2.32. The Morgan fingerprint density at radius 3 is 2.37 bits per heavy atom. The average Bonchev–Trinajstić information content (AvgIpc) is 2.59. The van der Waals surface area contributed by atoms with E-state index in [-0.39, 0.29) is 18.0 Å². The van der Waals surface area contributed by atoms with Gasteiger partial charge in [-0.25, -0.2) is 13.9 Å². The van der Waals surface area contributed by atoms with Gasteiger partial charge < -0.3 is 4.74 Å². The summed E-state index contributed by atoms with van der Waals surface area (Å²) < 4.78 is 58.0. The van der Waals surface area contributed by atoms with Crippen LogP contribution in [0.3, 0.4) is 0 Å². The van der Waals surface area contributed by atoms with E-state index in [2.05, 4.69) is 5.10 Å². The second-order valence-corrected chi connectivity index (χ2v) is 5.49. The molecule has 0 saturated carbocycles. The van der Waals surface area contributed by atoms with Crippen molar-refractivity contribution in [2.45, 2.75) is 12.7 Å². The molecule has 1 aromatic heterocycles. The van der Waals surface area contributed by atoms with Crippen LogP contribution in [0.5, 0.6) is 11.5 Å². The summed E-state index contributed by atoms with van der Waals surface area (Å²) in [5, 5.41) is 3.64. The largest absolute Gasteiger partial charge is 0.454 e. The van der Waals surface area contributed by atoms with Crippen LogP contribution in [0.1, 0.15) is 11.1 Å². The van der Waals surface area contributed by atoms with E-state index in [0.29, 0.717) is 5.56 Å². The fourth-order valence-corrected chi connectivity index (χ4v) is 2.23. The summed E-state index contributed by atoms with van der Waals surface area (Å²) in [6.45, 7) is -0.0902. The number of rotatable bonds is 4. The molecule has 3 rings (SSSR count). The van der Waals surface area contributed by atoms with E-state index in [0.717, 1.165) is 41.2 Å². The maximum Gasteiger partial charge on any atom is 0.416 e. The minimum Gasteiger partial charge on any atom is -0.454 e. The highest BCUT2D eigenvalue weighted by atomic mass is 19.4. The molecule has 0 unspecified atom stereocenters. The van der Waals surface area contributed by atoms with E-state index < -0.39 is 28.8 Å². The predicted molar refractivity (Wildman–Crippen MR) is 86.1 cm³/mol. The smallest absolute Gasteiger partial charge is 0.416 e. The van der Waals surface area contributed by atoms with Gasteiger partial charge in [0.15, 0.2) is 11.6 Å². The van der Waals surface area contributed by atoms with E-state index >= 15 is 0 Å². The van der Waals surface area contributed by atoms with Gasteiger partial charge in [0, 0.05) is 0 Å². The van der Waals surface area contributed by atoms with Gasteiger partial charge in [0.1, 0.15) is 11.9 Å². The summed E-state index contributed by atoms with van der Waals surface area (Å²) in [4.78, 5) is 24.6. The topological polar surface area (TPSA) is 77.0 Å². The molecular formula is C17H11F4N3O3. The van der Waals surface area contributed by atoms with E-state index in [1.165, 1.54) is 12.1 Å². The number of H-pyrrole nitrogens is 1. The molecule has 0 aliphatic heterocycles. The summed E-state index contributed by atoms with van der Waals surface area (Å²) in [5.74, 6) is -0.932. The number of hydrogen-bond donors (Lipinski definition) is 1. The lowest BCUT2D eigenvalue weighted by atomic mass is 10.2. The fraction of sp³-hybridized carbons (Fsp3) is 0.118. The third-order valence-electron chi connectivity index (χ3n) is 3.52. The van der Waals surface area contributed by atoms with Crippen molar-refractivity contribution >= 4 is 0 Å². The zero-order valence-corrected chi connectivity index (χ0v) is 13.5. The normalized spacial score (nSPS) is 11.4. The zero-order valence-electron chi connectivity index (χ0n) is 13.5. The molecule has 1 N–H and O–H groups in total. The molecule has 27 heavy (non-hydrogen) atoms. The quantitative estimate of drug-likeness (QED) is 0.705. The summed E-state index contributed by atoms with van der Waals surface area (Å²) in [7, 11) is 0.